The van der Waals surface area contributed by atoms with Crippen molar-refractivity contribution in [3.8, 4) is 0 Å². The second-order valence-corrected chi connectivity index (χ2v) is 8.32. The molecule has 1 N–H and O–H groups in total. The van der Waals surface area contributed by atoms with Crippen LogP contribution in [0.5, 0.6) is 0 Å². The highest BCUT2D eigenvalue weighted by molar-refractivity contribution is 5.84. The summed E-state index contributed by atoms with van der Waals surface area (Å²) in [6.07, 6.45) is 1.79. The van der Waals surface area contributed by atoms with Crippen molar-refractivity contribution in [3.05, 3.63) is 84.4 Å². The molecule has 0 saturated heterocycles. The fourth-order valence-electron chi connectivity index (χ4n) is 3.38. The molecule has 0 aliphatic rings. The number of allylic oxidation sites excluding steroid dienone is 1. The van der Waals surface area contributed by atoms with Crippen LogP contribution in [0.4, 0.5) is 0 Å². The molecule has 5 heteroatoms. The van der Waals surface area contributed by atoms with Gasteiger partial charge in [-0.2, -0.15) is 0 Å². The summed E-state index contributed by atoms with van der Waals surface area (Å²) in [5.74, 6) is -2.45. The van der Waals surface area contributed by atoms with E-state index in [1.807, 2.05) is 65.6 Å². The topological polar surface area (TPSA) is 66.8 Å². The molecule has 2 rings (SSSR count). The van der Waals surface area contributed by atoms with E-state index in [-0.39, 0.29) is 6.42 Å². The number of carbonyl (C=O) groups is 2. The number of benzene rings is 2. The molecule has 0 heterocycles. The van der Waals surface area contributed by atoms with Gasteiger partial charge in [-0.15, -0.1) is 6.58 Å². The van der Waals surface area contributed by atoms with Crippen LogP contribution in [0.25, 0.3) is 0 Å². The van der Waals surface area contributed by atoms with Gasteiger partial charge in [0.2, 0.25) is 0 Å². The quantitative estimate of drug-likeness (QED) is 0.456. The lowest BCUT2D eigenvalue weighted by Gasteiger charge is -2.34. The first-order valence-electron chi connectivity index (χ1n) is 10.1. The van der Waals surface area contributed by atoms with Crippen molar-refractivity contribution >= 4 is 11.9 Å². The summed E-state index contributed by atoms with van der Waals surface area (Å²) in [5, 5.41) is 10.2. The first-order valence-corrected chi connectivity index (χ1v) is 10.1. The highest BCUT2D eigenvalue weighted by atomic mass is 16.6. The molecule has 0 radical (unpaired) electrons. The zero-order chi connectivity index (χ0) is 22.1. The van der Waals surface area contributed by atoms with Crippen LogP contribution in [0.15, 0.2) is 73.3 Å². The molecule has 2 atom stereocenters. The Kier molecular flexibility index (Phi) is 8.36. The molecule has 0 aliphatic carbocycles. The highest BCUT2D eigenvalue weighted by Gasteiger charge is 2.39. The molecule has 0 saturated carbocycles. The SMILES string of the molecule is C=CCC(C(=O)OC(C)(C)C)[C@@H](C(=O)O)N(Cc1ccccc1)Cc1ccccc1. The number of rotatable bonds is 10. The smallest absolute Gasteiger partial charge is 0.321 e. The monoisotopic (exact) mass is 409 g/mol. The molecule has 0 spiro atoms. The van der Waals surface area contributed by atoms with Crippen LogP contribution in [0, 0.1) is 5.92 Å². The molecule has 0 fully saturated rings. The molecule has 0 bridgehead atoms. The molecule has 0 aromatic heterocycles. The van der Waals surface area contributed by atoms with Crippen LogP contribution in [-0.4, -0.2) is 33.6 Å². The summed E-state index contributed by atoms with van der Waals surface area (Å²) in [4.78, 5) is 27.2. The van der Waals surface area contributed by atoms with Crippen molar-refractivity contribution in [2.45, 2.75) is 51.9 Å². The van der Waals surface area contributed by atoms with Gasteiger partial charge in [-0.25, -0.2) is 0 Å². The molecular formula is C25H31NO4. The molecule has 2 aromatic rings. The number of esters is 1. The Morgan fingerprint density at radius 3 is 1.83 bits per heavy atom. The zero-order valence-corrected chi connectivity index (χ0v) is 18.0. The predicted molar refractivity (Wildman–Crippen MR) is 118 cm³/mol. The lowest BCUT2D eigenvalue weighted by atomic mass is 9.93. The van der Waals surface area contributed by atoms with Crippen LogP contribution < -0.4 is 0 Å². The fourth-order valence-corrected chi connectivity index (χ4v) is 3.38. The largest absolute Gasteiger partial charge is 0.480 e. The van der Waals surface area contributed by atoms with E-state index >= 15 is 0 Å². The van der Waals surface area contributed by atoms with Crippen molar-refractivity contribution in [1.29, 1.82) is 0 Å². The third kappa shape index (κ3) is 7.16. The summed E-state index contributed by atoms with van der Waals surface area (Å²) >= 11 is 0. The second kappa shape index (κ2) is 10.7. The van der Waals surface area contributed by atoms with Crippen molar-refractivity contribution in [3.63, 3.8) is 0 Å². The van der Waals surface area contributed by atoms with Crippen molar-refractivity contribution in [2.75, 3.05) is 0 Å². The van der Waals surface area contributed by atoms with Crippen molar-refractivity contribution < 1.29 is 19.4 Å². The maximum absolute atomic E-state index is 12.9. The lowest BCUT2D eigenvalue weighted by molar-refractivity contribution is -0.168. The summed E-state index contributed by atoms with van der Waals surface area (Å²) in [6.45, 7) is 9.84. The Hall–Kier alpha value is -2.92. The standard InChI is InChI=1S/C25H31NO4/c1-5-12-21(24(29)30-25(2,3)4)22(23(27)28)26(17-19-13-8-6-9-14-19)18-20-15-10-7-11-16-20/h5-11,13-16,21-22H,1,12,17-18H2,2-4H3,(H,27,28)/t21?,22-/m0/s1. The van der Waals surface area contributed by atoms with Gasteiger partial charge < -0.3 is 9.84 Å². The molecule has 2 aromatic carbocycles. The summed E-state index contributed by atoms with van der Waals surface area (Å²) in [6, 6.07) is 18.3. The molecular weight excluding hydrogens is 378 g/mol. The average molecular weight is 410 g/mol. The number of ether oxygens (including phenoxy) is 1. The number of hydrogen-bond donors (Lipinski definition) is 1. The van der Waals surface area contributed by atoms with Gasteiger partial charge in [-0.3, -0.25) is 14.5 Å². The second-order valence-electron chi connectivity index (χ2n) is 8.32. The Balaban J connectivity index is 2.42. The molecule has 5 nitrogen and oxygen atoms in total. The minimum Gasteiger partial charge on any atom is -0.480 e. The van der Waals surface area contributed by atoms with E-state index in [9.17, 15) is 14.7 Å². The van der Waals surface area contributed by atoms with E-state index in [1.54, 1.807) is 26.8 Å². The van der Waals surface area contributed by atoms with Gasteiger partial charge in [0.15, 0.2) is 0 Å². The number of aliphatic carboxylic acids is 1. The van der Waals surface area contributed by atoms with Crippen LogP contribution >= 0.6 is 0 Å². The van der Waals surface area contributed by atoms with E-state index in [2.05, 4.69) is 6.58 Å². The van der Waals surface area contributed by atoms with E-state index < -0.39 is 29.5 Å². The van der Waals surface area contributed by atoms with Gasteiger partial charge >= 0.3 is 11.9 Å². The van der Waals surface area contributed by atoms with E-state index in [0.29, 0.717) is 13.1 Å². The summed E-state index contributed by atoms with van der Waals surface area (Å²) in [5.41, 5.74) is 1.24. The van der Waals surface area contributed by atoms with Gasteiger partial charge in [-0.05, 0) is 38.3 Å². The third-order valence-electron chi connectivity index (χ3n) is 4.61. The van der Waals surface area contributed by atoms with Gasteiger partial charge in [0.05, 0.1) is 5.92 Å². The average Bonchev–Trinajstić information content (AvgIpc) is 2.67. The number of carboxylic acid groups (broad SMARTS) is 1. The van der Waals surface area contributed by atoms with Gasteiger partial charge in [-0.1, -0.05) is 66.7 Å². The minimum absolute atomic E-state index is 0.214. The van der Waals surface area contributed by atoms with Crippen molar-refractivity contribution in [1.82, 2.24) is 4.90 Å². The van der Waals surface area contributed by atoms with Gasteiger partial charge in [0, 0.05) is 13.1 Å². The fraction of sp³-hybridized carbons (Fsp3) is 0.360. The molecule has 160 valence electrons. The third-order valence-corrected chi connectivity index (χ3v) is 4.61. The van der Waals surface area contributed by atoms with E-state index in [4.69, 9.17) is 4.74 Å². The van der Waals surface area contributed by atoms with Crippen LogP contribution in [0.2, 0.25) is 0 Å². The normalized spacial score (nSPS) is 13.5. The van der Waals surface area contributed by atoms with Gasteiger partial charge in [0.1, 0.15) is 11.6 Å². The Morgan fingerprint density at radius 1 is 1.00 bits per heavy atom. The summed E-state index contributed by atoms with van der Waals surface area (Å²) < 4.78 is 5.56. The number of carboxylic acids is 1. The minimum atomic E-state index is -1.06. The molecule has 0 aliphatic heterocycles. The van der Waals surface area contributed by atoms with Crippen LogP contribution in [0.3, 0.4) is 0 Å². The Labute approximate surface area is 179 Å². The van der Waals surface area contributed by atoms with Crippen LogP contribution in [-0.2, 0) is 27.4 Å². The number of carbonyl (C=O) groups excluding carboxylic acids is 1. The van der Waals surface area contributed by atoms with Crippen LogP contribution in [0.1, 0.15) is 38.3 Å². The predicted octanol–water partition coefficient (Wildman–Crippen LogP) is 4.68. The highest BCUT2D eigenvalue weighted by Crippen LogP contribution is 2.25. The number of nitrogens with zero attached hydrogens (tertiary/aromatic N) is 1. The van der Waals surface area contributed by atoms with Crippen molar-refractivity contribution in [2.24, 2.45) is 5.92 Å². The summed E-state index contributed by atoms with van der Waals surface area (Å²) in [7, 11) is 0. The first-order chi connectivity index (χ1) is 14.2. The maximum Gasteiger partial charge on any atom is 0.321 e. The lowest BCUT2D eigenvalue weighted by Crippen LogP contribution is -2.49. The van der Waals surface area contributed by atoms with E-state index in [0.717, 1.165) is 11.1 Å². The molecule has 1 unspecified atom stereocenters. The Morgan fingerprint density at radius 2 is 1.47 bits per heavy atom. The molecule has 0 amide bonds. The van der Waals surface area contributed by atoms with Gasteiger partial charge in [0.25, 0.3) is 0 Å². The first kappa shape index (κ1) is 23.4. The number of hydrogen-bond acceptors (Lipinski definition) is 4. The zero-order valence-electron chi connectivity index (χ0n) is 18.0. The maximum atomic E-state index is 12.9. The molecule has 30 heavy (non-hydrogen) atoms. The Bertz CT molecular complexity index is 786. The van der Waals surface area contributed by atoms with E-state index in [1.165, 1.54) is 0 Å².